The smallest absolute Gasteiger partial charge is 0.309 e. The van der Waals surface area contributed by atoms with Crippen molar-refractivity contribution in [2.45, 2.75) is 6.42 Å². The summed E-state index contributed by atoms with van der Waals surface area (Å²) in [6.07, 6.45) is 5.22. The van der Waals surface area contributed by atoms with Gasteiger partial charge in [-0.2, -0.15) is 0 Å². The fourth-order valence-corrected chi connectivity index (χ4v) is 1.81. The van der Waals surface area contributed by atoms with Crippen molar-refractivity contribution in [3.8, 4) is 0 Å². The van der Waals surface area contributed by atoms with Crippen LogP contribution in [0.2, 0.25) is 0 Å². The first-order chi connectivity index (χ1) is 7.25. The molecule has 0 spiro atoms. The fraction of sp³-hybridized carbons (Fsp3) is 0.222. The van der Waals surface area contributed by atoms with Crippen molar-refractivity contribution in [1.82, 2.24) is 4.98 Å². The van der Waals surface area contributed by atoms with Crippen molar-refractivity contribution in [3.63, 3.8) is 0 Å². The van der Waals surface area contributed by atoms with Gasteiger partial charge in [0, 0.05) is 23.5 Å². The predicted molar refractivity (Wildman–Crippen MR) is 58.3 cm³/mol. The van der Waals surface area contributed by atoms with E-state index in [0.717, 1.165) is 5.13 Å². The third-order valence-corrected chi connectivity index (χ3v) is 2.68. The second-order valence-electron chi connectivity index (χ2n) is 2.96. The molecule has 2 rings (SSSR count). The van der Waals surface area contributed by atoms with Gasteiger partial charge >= 0.3 is 5.97 Å². The fourth-order valence-electron chi connectivity index (χ4n) is 1.19. The number of hydrogen-bond donors (Lipinski definition) is 1. The number of anilines is 1. The minimum atomic E-state index is -0.860. The summed E-state index contributed by atoms with van der Waals surface area (Å²) in [6.45, 7) is 0.437. The number of aliphatic imine (C=N–C) groups is 1. The lowest BCUT2D eigenvalue weighted by Crippen LogP contribution is -2.22. The Morgan fingerprint density at radius 2 is 2.53 bits per heavy atom. The van der Waals surface area contributed by atoms with E-state index >= 15 is 0 Å². The van der Waals surface area contributed by atoms with E-state index in [1.54, 1.807) is 12.3 Å². The SMILES string of the molecule is O=C(O)CC1=NCN(c2nccs2)C=C1. The van der Waals surface area contributed by atoms with Crippen LogP contribution in [0.5, 0.6) is 0 Å². The van der Waals surface area contributed by atoms with Crippen LogP contribution in [0.1, 0.15) is 6.42 Å². The molecule has 78 valence electrons. The molecule has 0 saturated heterocycles. The van der Waals surface area contributed by atoms with Crippen molar-refractivity contribution in [3.05, 3.63) is 23.9 Å². The molecule has 15 heavy (non-hydrogen) atoms. The van der Waals surface area contributed by atoms with Gasteiger partial charge < -0.3 is 10.0 Å². The Labute approximate surface area is 90.4 Å². The molecule has 0 radical (unpaired) electrons. The standard InChI is InChI=1S/C9H9N3O2S/c13-8(14)5-7-1-3-12(6-11-7)9-10-2-4-15-9/h1-4H,5-6H2,(H,13,14). The zero-order valence-corrected chi connectivity index (χ0v) is 8.65. The summed E-state index contributed by atoms with van der Waals surface area (Å²) < 4.78 is 0. The van der Waals surface area contributed by atoms with E-state index in [1.807, 2.05) is 16.5 Å². The molecule has 0 aromatic carbocycles. The minimum absolute atomic E-state index is 0.0256. The van der Waals surface area contributed by atoms with Crippen LogP contribution < -0.4 is 4.90 Å². The summed E-state index contributed by atoms with van der Waals surface area (Å²) in [6, 6.07) is 0. The largest absolute Gasteiger partial charge is 0.481 e. The summed E-state index contributed by atoms with van der Waals surface area (Å²) >= 11 is 1.52. The molecule has 5 nitrogen and oxygen atoms in total. The van der Waals surface area contributed by atoms with E-state index < -0.39 is 5.97 Å². The summed E-state index contributed by atoms with van der Waals surface area (Å²) in [5, 5.41) is 11.3. The molecule has 0 bridgehead atoms. The highest BCUT2D eigenvalue weighted by atomic mass is 32.1. The number of carbonyl (C=O) groups is 1. The first-order valence-corrected chi connectivity index (χ1v) is 5.23. The van der Waals surface area contributed by atoms with Crippen molar-refractivity contribution in [2.24, 2.45) is 4.99 Å². The van der Waals surface area contributed by atoms with Crippen LogP contribution in [0.3, 0.4) is 0 Å². The maximum Gasteiger partial charge on any atom is 0.309 e. The molecule has 0 aliphatic carbocycles. The second kappa shape index (κ2) is 4.22. The highest BCUT2D eigenvalue weighted by Gasteiger charge is 2.11. The van der Waals surface area contributed by atoms with Crippen molar-refractivity contribution in [2.75, 3.05) is 11.6 Å². The van der Waals surface area contributed by atoms with E-state index in [9.17, 15) is 4.79 Å². The van der Waals surface area contributed by atoms with Gasteiger partial charge in [0.1, 0.15) is 6.67 Å². The summed E-state index contributed by atoms with van der Waals surface area (Å²) in [4.78, 5) is 20.6. The van der Waals surface area contributed by atoms with Gasteiger partial charge in [-0.25, -0.2) is 4.98 Å². The molecule has 0 fully saturated rings. The molecule has 0 unspecified atom stereocenters. The molecule has 0 atom stereocenters. The van der Waals surface area contributed by atoms with E-state index in [0.29, 0.717) is 12.4 Å². The van der Waals surface area contributed by atoms with Gasteiger partial charge in [-0.3, -0.25) is 9.79 Å². The molecule has 1 N–H and O–H groups in total. The number of rotatable bonds is 3. The predicted octanol–water partition coefficient (Wildman–Crippen LogP) is 1.35. The number of carboxylic acid groups (broad SMARTS) is 1. The third kappa shape index (κ3) is 2.41. The Bertz CT molecular complexity index is 411. The lowest BCUT2D eigenvalue weighted by Gasteiger charge is -2.18. The highest BCUT2D eigenvalue weighted by molar-refractivity contribution is 7.13. The van der Waals surface area contributed by atoms with Gasteiger partial charge in [0.25, 0.3) is 0 Å². The van der Waals surface area contributed by atoms with Gasteiger partial charge in [-0.05, 0) is 6.08 Å². The van der Waals surface area contributed by atoms with Crippen molar-refractivity contribution >= 4 is 28.1 Å². The number of allylic oxidation sites excluding steroid dienone is 1. The van der Waals surface area contributed by atoms with Crippen molar-refractivity contribution in [1.29, 1.82) is 0 Å². The average molecular weight is 223 g/mol. The van der Waals surface area contributed by atoms with Gasteiger partial charge in [0.15, 0.2) is 5.13 Å². The van der Waals surface area contributed by atoms with E-state index in [2.05, 4.69) is 9.98 Å². The number of hydrogen-bond acceptors (Lipinski definition) is 5. The number of aliphatic carboxylic acids is 1. The molecule has 6 heteroatoms. The molecule has 1 aromatic heterocycles. The maximum atomic E-state index is 10.4. The normalized spacial score (nSPS) is 15.2. The Hall–Kier alpha value is -1.69. The zero-order valence-electron chi connectivity index (χ0n) is 7.83. The molecule has 0 amide bonds. The van der Waals surface area contributed by atoms with E-state index in [1.165, 1.54) is 11.3 Å². The van der Waals surface area contributed by atoms with Crippen LogP contribution in [0.25, 0.3) is 0 Å². The Kier molecular flexibility index (Phi) is 2.77. The first kappa shape index (κ1) is 9.85. The van der Waals surface area contributed by atoms with Crippen LogP contribution in [0.15, 0.2) is 28.8 Å². The van der Waals surface area contributed by atoms with Gasteiger partial charge in [0.05, 0.1) is 6.42 Å². The van der Waals surface area contributed by atoms with E-state index in [-0.39, 0.29) is 6.42 Å². The first-order valence-electron chi connectivity index (χ1n) is 4.35. The van der Waals surface area contributed by atoms with Crippen LogP contribution >= 0.6 is 11.3 Å². The number of carboxylic acids is 1. The lowest BCUT2D eigenvalue weighted by molar-refractivity contribution is -0.135. The maximum absolute atomic E-state index is 10.4. The quantitative estimate of drug-likeness (QED) is 0.840. The van der Waals surface area contributed by atoms with Crippen molar-refractivity contribution < 1.29 is 9.90 Å². The van der Waals surface area contributed by atoms with E-state index in [4.69, 9.17) is 5.11 Å². The zero-order chi connectivity index (χ0) is 10.7. The topological polar surface area (TPSA) is 65.8 Å². The van der Waals surface area contributed by atoms with Crippen LogP contribution in [0, 0.1) is 0 Å². The van der Waals surface area contributed by atoms with Crippen LogP contribution in [0.4, 0.5) is 5.13 Å². The highest BCUT2D eigenvalue weighted by Crippen LogP contribution is 2.19. The monoisotopic (exact) mass is 223 g/mol. The molecule has 2 heterocycles. The molecule has 1 aliphatic heterocycles. The summed E-state index contributed by atoms with van der Waals surface area (Å²) in [7, 11) is 0. The van der Waals surface area contributed by atoms with Gasteiger partial charge in [-0.15, -0.1) is 11.3 Å². The molecule has 1 aliphatic rings. The van der Waals surface area contributed by atoms with Crippen LogP contribution in [-0.4, -0.2) is 28.4 Å². The average Bonchev–Trinajstić information content (AvgIpc) is 2.71. The third-order valence-electron chi connectivity index (χ3n) is 1.87. The minimum Gasteiger partial charge on any atom is -0.481 e. The van der Waals surface area contributed by atoms with Crippen LogP contribution in [-0.2, 0) is 4.79 Å². The van der Waals surface area contributed by atoms with Gasteiger partial charge in [-0.1, -0.05) is 0 Å². The molecular weight excluding hydrogens is 214 g/mol. The molecule has 0 saturated carbocycles. The second-order valence-corrected chi connectivity index (χ2v) is 3.83. The number of aromatic nitrogens is 1. The Morgan fingerprint density at radius 1 is 1.67 bits per heavy atom. The number of nitrogens with zero attached hydrogens (tertiary/aromatic N) is 3. The molecular formula is C9H9N3O2S. The Balaban J connectivity index is 2.01. The Morgan fingerprint density at radius 3 is 3.07 bits per heavy atom. The summed E-state index contributed by atoms with van der Waals surface area (Å²) in [5.41, 5.74) is 0.593. The molecule has 1 aromatic rings. The van der Waals surface area contributed by atoms with Gasteiger partial charge in [0.2, 0.25) is 0 Å². The summed E-state index contributed by atoms with van der Waals surface area (Å²) in [5.74, 6) is -0.860. The number of thiazole rings is 1. The lowest BCUT2D eigenvalue weighted by atomic mass is 10.2.